The Morgan fingerprint density at radius 2 is 1.61 bits per heavy atom. The predicted molar refractivity (Wildman–Crippen MR) is 123 cm³/mol. The van der Waals surface area contributed by atoms with E-state index in [-0.39, 0.29) is 23.0 Å². The minimum Gasteiger partial charge on any atom is -0.325 e. The molecule has 7 heteroatoms. The van der Waals surface area contributed by atoms with Gasteiger partial charge in [0.2, 0.25) is 5.91 Å². The van der Waals surface area contributed by atoms with Crippen molar-refractivity contribution in [2.75, 3.05) is 11.1 Å². The molecule has 0 bridgehead atoms. The van der Waals surface area contributed by atoms with E-state index in [1.54, 1.807) is 42.5 Å². The number of para-hydroxylation sites is 2. The van der Waals surface area contributed by atoms with E-state index in [9.17, 15) is 14.4 Å². The van der Waals surface area contributed by atoms with Crippen LogP contribution in [-0.4, -0.2) is 27.0 Å². The average molecular weight is 430 g/mol. The van der Waals surface area contributed by atoms with Crippen molar-refractivity contribution in [1.29, 1.82) is 0 Å². The number of ketones is 1. The lowest BCUT2D eigenvalue weighted by atomic mass is 10.1. The normalized spacial score (nSPS) is 10.7. The van der Waals surface area contributed by atoms with Crippen molar-refractivity contribution >= 4 is 40.0 Å². The molecule has 3 aromatic carbocycles. The molecular weight excluding hydrogens is 410 g/mol. The fraction of sp³-hybridized carbons (Fsp3) is 0.0833. The number of Topliss-reactive ketones (excluding diaryl/α,β-unsaturated/α-hetero) is 1. The molecule has 0 atom stereocenters. The summed E-state index contributed by atoms with van der Waals surface area (Å²) in [5, 5.41) is 3.76. The van der Waals surface area contributed by atoms with Crippen molar-refractivity contribution in [2.24, 2.45) is 0 Å². The van der Waals surface area contributed by atoms with Gasteiger partial charge in [0.1, 0.15) is 0 Å². The van der Waals surface area contributed by atoms with Gasteiger partial charge in [-0.1, -0.05) is 42.1 Å². The quantitative estimate of drug-likeness (QED) is 0.280. The zero-order valence-corrected chi connectivity index (χ0v) is 17.6. The molecule has 1 aromatic heterocycles. The van der Waals surface area contributed by atoms with Crippen LogP contribution in [0.1, 0.15) is 17.3 Å². The number of nitrogens with zero attached hydrogens (tertiary/aromatic N) is 2. The number of nitrogens with one attached hydrogen (secondary N) is 1. The van der Waals surface area contributed by atoms with Gasteiger partial charge >= 0.3 is 0 Å². The molecule has 154 valence electrons. The number of carbonyl (C=O) groups is 2. The van der Waals surface area contributed by atoms with Gasteiger partial charge in [-0.25, -0.2) is 4.98 Å². The minimum atomic E-state index is -0.234. The van der Waals surface area contributed by atoms with E-state index in [0.29, 0.717) is 33.0 Å². The number of thioether (sulfide) groups is 1. The van der Waals surface area contributed by atoms with Crippen LogP contribution in [0.2, 0.25) is 0 Å². The third-order valence-corrected chi connectivity index (χ3v) is 5.61. The minimum absolute atomic E-state index is 0.0327. The zero-order chi connectivity index (χ0) is 21.8. The number of amides is 1. The smallest absolute Gasteiger partial charge is 0.266 e. The number of benzene rings is 3. The van der Waals surface area contributed by atoms with Crippen LogP contribution in [0.15, 0.2) is 88.8 Å². The van der Waals surface area contributed by atoms with Crippen LogP contribution in [0.25, 0.3) is 16.6 Å². The highest BCUT2D eigenvalue weighted by molar-refractivity contribution is 7.99. The molecule has 0 radical (unpaired) electrons. The Labute approximate surface area is 182 Å². The molecule has 1 heterocycles. The Hall–Kier alpha value is -3.71. The lowest BCUT2D eigenvalue weighted by Crippen LogP contribution is -2.22. The van der Waals surface area contributed by atoms with E-state index < -0.39 is 0 Å². The summed E-state index contributed by atoms with van der Waals surface area (Å²) in [4.78, 5) is 41.7. The largest absolute Gasteiger partial charge is 0.325 e. The molecule has 1 amide bonds. The van der Waals surface area contributed by atoms with Gasteiger partial charge < -0.3 is 5.32 Å². The summed E-state index contributed by atoms with van der Waals surface area (Å²) >= 11 is 1.19. The third kappa shape index (κ3) is 4.57. The summed E-state index contributed by atoms with van der Waals surface area (Å²) in [6.45, 7) is 1.49. The van der Waals surface area contributed by atoms with Crippen LogP contribution < -0.4 is 10.9 Å². The van der Waals surface area contributed by atoms with Crippen LogP contribution in [0.3, 0.4) is 0 Å². The van der Waals surface area contributed by atoms with Crippen LogP contribution >= 0.6 is 11.8 Å². The first-order valence-electron chi connectivity index (χ1n) is 9.64. The van der Waals surface area contributed by atoms with Gasteiger partial charge in [0, 0.05) is 11.3 Å². The first-order valence-corrected chi connectivity index (χ1v) is 10.6. The van der Waals surface area contributed by atoms with E-state index in [1.807, 2.05) is 36.4 Å². The molecule has 4 rings (SSSR count). The second-order valence-electron chi connectivity index (χ2n) is 6.86. The highest BCUT2D eigenvalue weighted by Gasteiger charge is 2.14. The second kappa shape index (κ2) is 8.97. The number of hydrogen-bond acceptors (Lipinski definition) is 5. The Morgan fingerprint density at radius 1 is 0.935 bits per heavy atom. The number of fused-ring (bicyclic) bond motifs is 1. The van der Waals surface area contributed by atoms with Crippen molar-refractivity contribution < 1.29 is 9.59 Å². The second-order valence-corrected chi connectivity index (χ2v) is 7.80. The Morgan fingerprint density at radius 3 is 2.32 bits per heavy atom. The number of aromatic nitrogens is 2. The number of anilines is 1. The third-order valence-electron chi connectivity index (χ3n) is 4.67. The van der Waals surface area contributed by atoms with Crippen molar-refractivity contribution in [3.05, 3.63) is 94.8 Å². The molecule has 4 aromatic rings. The lowest BCUT2D eigenvalue weighted by Gasteiger charge is -2.13. The molecule has 6 nitrogen and oxygen atoms in total. The first kappa shape index (κ1) is 20.6. The van der Waals surface area contributed by atoms with E-state index >= 15 is 0 Å². The van der Waals surface area contributed by atoms with E-state index in [1.165, 1.54) is 23.3 Å². The van der Waals surface area contributed by atoms with Crippen molar-refractivity contribution in [3.8, 4) is 5.69 Å². The highest BCUT2D eigenvalue weighted by Crippen LogP contribution is 2.21. The summed E-state index contributed by atoms with van der Waals surface area (Å²) < 4.78 is 1.53. The van der Waals surface area contributed by atoms with Gasteiger partial charge in [0.05, 0.1) is 22.3 Å². The molecule has 0 fully saturated rings. The summed E-state index contributed by atoms with van der Waals surface area (Å²) in [6, 6.07) is 23.1. The van der Waals surface area contributed by atoms with Gasteiger partial charge in [0.25, 0.3) is 5.56 Å². The maximum atomic E-state index is 13.2. The van der Waals surface area contributed by atoms with Gasteiger partial charge in [-0.05, 0) is 55.5 Å². The molecule has 1 N–H and O–H groups in total. The van der Waals surface area contributed by atoms with Crippen molar-refractivity contribution in [1.82, 2.24) is 9.55 Å². The highest BCUT2D eigenvalue weighted by atomic mass is 32.2. The topological polar surface area (TPSA) is 81.1 Å². The number of rotatable bonds is 6. The fourth-order valence-electron chi connectivity index (χ4n) is 3.13. The molecule has 0 aliphatic heterocycles. The Balaban J connectivity index is 1.59. The van der Waals surface area contributed by atoms with Crippen LogP contribution in [-0.2, 0) is 4.79 Å². The Kier molecular flexibility index (Phi) is 5.95. The zero-order valence-electron chi connectivity index (χ0n) is 16.7. The van der Waals surface area contributed by atoms with Crippen molar-refractivity contribution in [2.45, 2.75) is 12.1 Å². The summed E-state index contributed by atoms with van der Waals surface area (Å²) in [5.41, 5.74) is 2.28. The maximum absolute atomic E-state index is 13.2. The monoisotopic (exact) mass is 429 g/mol. The van der Waals surface area contributed by atoms with Gasteiger partial charge in [-0.3, -0.25) is 19.0 Å². The maximum Gasteiger partial charge on any atom is 0.266 e. The van der Waals surface area contributed by atoms with Crippen LogP contribution in [0, 0.1) is 0 Å². The Bertz CT molecular complexity index is 1320. The average Bonchev–Trinajstić information content (AvgIpc) is 2.79. The van der Waals surface area contributed by atoms with Crippen molar-refractivity contribution in [3.63, 3.8) is 0 Å². The fourth-order valence-corrected chi connectivity index (χ4v) is 3.94. The summed E-state index contributed by atoms with van der Waals surface area (Å²) in [6.07, 6.45) is 0. The lowest BCUT2D eigenvalue weighted by molar-refractivity contribution is -0.113. The van der Waals surface area contributed by atoms with Crippen LogP contribution in [0.5, 0.6) is 0 Å². The SMILES string of the molecule is CC(=O)c1ccc(NC(=O)CSc2nc3ccccc3c(=O)n2-c2ccccc2)cc1. The van der Waals surface area contributed by atoms with Crippen LogP contribution in [0.4, 0.5) is 5.69 Å². The van der Waals surface area contributed by atoms with E-state index in [4.69, 9.17) is 0 Å². The molecule has 0 spiro atoms. The summed E-state index contributed by atoms with van der Waals surface area (Å²) in [5.74, 6) is -0.191. The molecule has 0 saturated carbocycles. The number of carbonyl (C=O) groups excluding carboxylic acids is 2. The molecule has 0 aliphatic rings. The van der Waals surface area contributed by atoms with Gasteiger partial charge in [0.15, 0.2) is 10.9 Å². The predicted octanol–water partition coefficient (Wildman–Crippen LogP) is 4.32. The molecule has 0 aliphatic carbocycles. The molecule has 31 heavy (non-hydrogen) atoms. The van der Waals surface area contributed by atoms with E-state index in [0.717, 1.165) is 0 Å². The number of hydrogen-bond donors (Lipinski definition) is 1. The van der Waals surface area contributed by atoms with Gasteiger partial charge in [-0.2, -0.15) is 0 Å². The van der Waals surface area contributed by atoms with Gasteiger partial charge in [-0.15, -0.1) is 0 Å². The molecule has 0 unspecified atom stereocenters. The standard InChI is InChI=1S/C24H19N3O3S/c1-16(28)17-11-13-18(14-12-17)25-22(29)15-31-24-26-21-10-6-5-9-20(21)23(30)27(24)19-7-3-2-4-8-19/h2-14H,15H2,1H3,(H,25,29). The van der Waals surface area contributed by atoms with E-state index in [2.05, 4.69) is 10.3 Å². The molecular formula is C24H19N3O3S. The molecule has 0 saturated heterocycles. The first-order chi connectivity index (χ1) is 15.0. The summed E-state index contributed by atoms with van der Waals surface area (Å²) in [7, 11) is 0.